The van der Waals surface area contributed by atoms with Gasteiger partial charge in [-0.3, -0.25) is 4.79 Å². The molecule has 0 aromatic heterocycles. The van der Waals surface area contributed by atoms with Crippen LogP contribution in [-0.4, -0.2) is 31.0 Å². The van der Waals surface area contributed by atoms with Gasteiger partial charge in [0.25, 0.3) is 0 Å². The normalized spacial score (nSPS) is 9.83. The molecule has 0 aromatic carbocycles. The average Bonchev–Trinajstić information content (AvgIpc) is 2.10. The molecule has 3 nitrogen and oxygen atoms in total. The van der Waals surface area contributed by atoms with Crippen LogP contribution in [0.4, 0.5) is 0 Å². The van der Waals surface area contributed by atoms with Crippen LogP contribution in [0.5, 0.6) is 0 Å². The van der Waals surface area contributed by atoms with Gasteiger partial charge >= 0.3 is 0 Å². The molecular formula is C8H16BrNO2. The first-order chi connectivity index (χ1) is 5.81. The lowest BCUT2D eigenvalue weighted by molar-refractivity contribution is -0.118. The van der Waals surface area contributed by atoms with E-state index in [1.54, 1.807) is 0 Å². The van der Waals surface area contributed by atoms with Crippen LogP contribution in [0.3, 0.4) is 0 Å². The zero-order valence-corrected chi connectivity index (χ0v) is 9.02. The molecule has 0 aromatic rings. The molecule has 0 fully saturated rings. The fraction of sp³-hybridized carbons (Fsp3) is 0.875. The van der Waals surface area contributed by atoms with Crippen LogP contribution in [0, 0.1) is 0 Å². The zero-order chi connectivity index (χ0) is 9.23. The molecule has 0 aliphatic heterocycles. The molecule has 0 radical (unpaired) electrons. The lowest BCUT2D eigenvalue weighted by Crippen LogP contribution is -2.25. The highest BCUT2D eigenvalue weighted by molar-refractivity contribution is 9.09. The van der Waals surface area contributed by atoms with Crippen LogP contribution in [0.1, 0.15) is 19.8 Å². The van der Waals surface area contributed by atoms with E-state index in [9.17, 15) is 4.79 Å². The molecule has 0 saturated carbocycles. The Morgan fingerprint density at radius 3 is 2.83 bits per heavy atom. The number of ether oxygens (including phenoxy) is 1. The molecule has 1 N–H and O–H groups in total. The van der Waals surface area contributed by atoms with Crippen molar-refractivity contribution in [3.8, 4) is 0 Å². The first kappa shape index (κ1) is 11.9. The molecule has 0 aliphatic rings. The minimum atomic E-state index is 0.0329. The molecule has 0 aliphatic carbocycles. The van der Waals surface area contributed by atoms with E-state index in [1.165, 1.54) is 0 Å². The summed E-state index contributed by atoms with van der Waals surface area (Å²) in [6.07, 6.45) is 1.94. The third-order valence-corrected chi connectivity index (χ3v) is 1.77. The second-order valence-corrected chi connectivity index (χ2v) is 3.01. The van der Waals surface area contributed by atoms with E-state index >= 15 is 0 Å². The Hall–Kier alpha value is -0.0900. The highest BCUT2D eigenvalue weighted by Gasteiger charge is 1.95. The summed E-state index contributed by atoms with van der Waals surface area (Å²) in [7, 11) is 0. The fourth-order valence-electron chi connectivity index (χ4n) is 0.696. The lowest BCUT2D eigenvalue weighted by Gasteiger charge is -2.03. The predicted molar refractivity (Wildman–Crippen MR) is 52.5 cm³/mol. The van der Waals surface area contributed by atoms with Gasteiger partial charge in [-0.15, -0.1) is 0 Å². The third-order valence-electron chi connectivity index (χ3n) is 1.26. The van der Waals surface area contributed by atoms with E-state index < -0.39 is 0 Å². The molecule has 0 unspecified atom stereocenters. The van der Waals surface area contributed by atoms with Crippen LogP contribution >= 0.6 is 15.9 Å². The number of hydrogen-bond donors (Lipinski definition) is 1. The number of amides is 1. The third kappa shape index (κ3) is 8.01. The maximum atomic E-state index is 10.7. The smallest absolute Gasteiger partial charge is 0.230 e. The number of alkyl halides is 1. The second kappa shape index (κ2) is 9.00. The van der Waals surface area contributed by atoms with Gasteiger partial charge in [-0.2, -0.15) is 0 Å². The van der Waals surface area contributed by atoms with Crippen molar-refractivity contribution < 1.29 is 9.53 Å². The Morgan fingerprint density at radius 1 is 1.50 bits per heavy atom. The number of halogens is 1. The minimum Gasteiger partial charge on any atom is -0.381 e. The quantitative estimate of drug-likeness (QED) is 0.536. The number of nitrogens with one attached hydrogen (secondary N) is 1. The van der Waals surface area contributed by atoms with E-state index in [2.05, 4.69) is 28.2 Å². The van der Waals surface area contributed by atoms with E-state index in [0.29, 0.717) is 11.9 Å². The largest absolute Gasteiger partial charge is 0.381 e. The molecule has 1 amide bonds. The van der Waals surface area contributed by atoms with Crippen LogP contribution in [0.2, 0.25) is 0 Å². The summed E-state index contributed by atoms with van der Waals surface area (Å²) in [5.74, 6) is 0.0329. The van der Waals surface area contributed by atoms with E-state index in [1.807, 2.05) is 0 Å². The number of carbonyl (C=O) groups excluding carboxylic acids is 1. The SMILES string of the molecule is CCCOCCCNC(=O)CBr. The lowest BCUT2D eigenvalue weighted by atomic mass is 10.4. The summed E-state index contributed by atoms with van der Waals surface area (Å²) >= 11 is 3.07. The highest BCUT2D eigenvalue weighted by atomic mass is 79.9. The van der Waals surface area contributed by atoms with Crippen molar-refractivity contribution in [3.05, 3.63) is 0 Å². The number of carbonyl (C=O) groups is 1. The summed E-state index contributed by atoms with van der Waals surface area (Å²) in [4.78, 5) is 10.7. The van der Waals surface area contributed by atoms with Gasteiger partial charge in [0.15, 0.2) is 0 Å². The molecule has 72 valence electrons. The van der Waals surface area contributed by atoms with Gasteiger partial charge in [0.2, 0.25) is 5.91 Å². The standard InChI is InChI=1S/C8H16BrNO2/c1-2-5-12-6-3-4-10-8(11)7-9/h2-7H2,1H3,(H,10,11). The molecule has 12 heavy (non-hydrogen) atoms. The first-order valence-electron chi connectivity index (χ1n) is 4.21. The summed E-state index contributed by atoms with van der Waals surface area (Å²) in [6, 6.07) is 0. The van der Waals surface area contributed by atoms with E-state index in [-0.39, 0.29) is 5.91 Å². The molecular weight excluding hydrogens is 222 g/mol. The van der Waals surface area contributed by atoms with Gasteiger partial charge in [0, 0.05) is 19.8 Å². The molecule has 0 spiro atoms. The van der Waals surface area contributed by atoms with Gasteiger partial charge in [-0.1, -0.05) is 22.9 Å². The summed E-state index contributed by atoms with van der Waals surface area (Å²) in [5, 5.41) is 3.12. The van der Waals surface area contributed by atoms with Crippen LogP contribution in [0.15, 0.2) is 0 Å². The van der Waals surface area contributed by atoms with Crippen molar-refractivity contribution in [2.45, 2.75) is 19.8 Å². The van der Waals surface area contributed by atoms with E-state index in [0.717, 1.165) is 26.1 Å². The van der Waals surface area contributed by atoms with Gasteiger partial charge in [0.1, 0.15) is 0 Å². The Bertz CT molecular complexity index is 120. The van der Waals surface area contributed by atoms with Crippen molar-refractivity contribution in [3.63, 3.8) is 0 Å². The summed E-state index contributed by atoms with van der Waals surface area (Å²) in [5.41, 5.74) is 0. The number of rotatable bonds is 7. The van der Waals surface area contributed by atoms with Crippen molar-refractivity contribution in [1.29, 1.82) is 0 Å². The molecule has 0 heterocycles. The van der Waals surface area contributed by atoms with Crippen molar-refractivity contribution in [2.24, 2.45) is 0 Å². The molecule has 0 bridgehead atoms. The summed E-state index contributed by atoms with van der Waals surface area (Å²) < 4.78 is 5.24. The molecule has 0 atom stereocenters. The monoisotopic (exact) mass is 237 g/mol. The Kier molecular flexibility index (Phi) is 8.93. The van der Waals surface area contributed by atoms with Gasteiger partial charge in [-0.05, 0) is 12.8 Å². The van der Waals surface area contributed by atoms with Crippen LogP contribution in [-0.2, 0) is 9.53 Å². The second-order valence-electron chi connectivity index (χ2n) is 2.45. The van der Waals surface area contributed by atoms with Crippen molar-refractivity contribution in [1.82, 2.24) is 5.32 Å². The maximum Gasteiger partial charge on any atom is 0.230 e. The summed E-state index contributed by atoms with van der Waals surface area (Å²) in [6.45, 7) is 4.32. The Morgan fingerprint density at radius 2 is 2.25 bits per heavy atom. The average molecular weight is 238 g/mol. The number of hydrogen-bond acceptors (Lipinski definition) is 2. The van der Waals surface area contributed by atoms with E-state index in [4.69, 9.17) is 4.74 Å². The van der Waals surface area contributed by atoms with Crippen molar-refractivity contribution in [2.75, 3.05) is 25.1 Å². The molecule has 4 heteroatoms. The van der Waals surface area contributed by atoms with Crippen LogP contribution < -0.4 is 5.32 Å². The fourth-order valence-corrected chi connectivity index (χ4v) is 0.894. The van der Waals surface area contributed by atoms with Gasteiger partial charge in [0.05, 0.1) is 5.33 Å². The molecule has 0 rings (SSSR count). The minimum absolute atomic E-state index is 0.0329. The maximum absolute atomic E-state index is 10.7. The van der Waals surface area contributed by atoms with Gasteiger partial charge in [-0.25, -0.2) is 0 Å². The van der Waals surface area contributed by atoms with Crippen LogP contribution in [0.25, 0.3) is 0 Å². The predicted octanol–water partition coefficient (Wildman–Crippen LogP) is 1.31. The zero-order valence-electron chi connectivity index (χ0n) is 7.44. The highest BCUT2D eigenvalue weighted by Crippen LogP contribution is 1.84. The first-order valence-corrected chi connectivity index (χ1v) is 5.33. The Balaban J connectivity index is 2.95. The Labute approximate surface area is 82.0 Å². The topological polar surface area (TPSA) is 38.3 Å². The molecule has 0 saturated heterocycles. The van der Waals surface area contributed by atoms with Gasteiger partial charge < -0.3 is 10.1 Å². The van der Waals surface area contributed by atoms with Crippen molar-refractivity contribution >= 4 is 21.8 Å².